The third-order valence-corrected chi connectivity index (χ3v) is 21.3. The molecular formula is C40H66N4O8Si2. The molecule has 54 heavy (non-hydrogen) atoms. The first-order valence-electron chi connectivity index (χ1n) is 19.0. The van der Waals surface area contributed by atoms with Gasteiger partial charge in [0.25, 0.3) is 17.5 Å². The number of aryl methyl sites for hydroxylation is 4. The molecule has 12 nitrogen and oxygen atoms in total. The van der Waals surface area contributed by atoms with Crippen LogP contribution in [0.15, 0.2) is 24.3 Å². The van der Waals surface area contributed by atoms with Gasteiger partial charge in [0.05, 0.1) is 48.0 Å². The van der Waals surface area contributed by atoms with Crippen molar-refractivity contribution in [2.24, 2.45) is 0 Å². The topological polar surface area (TPSA) is 169 Å². The average molecular weight is 787 g/mol. The zero-order valence-corrected chi connectivity index (χ0v) is 37.1. The summed E-state index contributed by atoms with van der Waals surface area (Å²) in [6.45, 7) is 29.9. The maximum Gasteiger partial charge on any atom is 0.282 e. The zero-order chi connectivity index (χ0) is 41.3. The van der Waals surface area contributed by atoms with E-state index in [2.05, 4.69) is 67.7 Å². The Bertz CT molecular complexity index is 1700. The number of carbonyl (C=O) groups excluding carboxylic acids is 2. The van der Waals surface area contributed by atoms with E-state index < -0.39 is 33.5 Å². The van der Waals surface area contributed by atoms with Crippen molar-refractivity contribution in [3.8, 4) is 0 Å². The first-order chi connectivity index (χ1) is 24.7. The molecule has 0 bridgehead atoms. The SMILES string of the molecule is Cc1cc(C(=O)N2CC[C@H](O[Si](C)(C)C(C)(C)C)[C@H]2CO)c([N+](=O)[O-])cc1C.Cc1cc(N)c(C(=O)N2CC[C@H](O[Si](C)(C)C(C)(C)C)[C@H]2CO)cc1C. The van der Waals surface area contributed by atoms with Crippen molar-refractivity contribution in [1.82, 2.24) is 9.80 Å². The molecule has 0 unspecified atom stereocenters. The minimum atomic E-state index is -2.07. The number of likely N-dealkylation sites (tertiary alicyclic amines) is 2. The van der Waals surface area contributed by atoms with Crippen molar-refractivity contribution in [1.29, 1.82) is 0 Å². The van der Waals surface area contributed by atoms with E-state index in [1.807, 2.05) is 32.9 Å². The van der Waals surface area contributed by atoms with Gasteiger partial charge in [0.2, 0.25) is 0 Å². The third kappa shape index (κ3) is 9.80. The van der Waals surface area contributed by atoms with Gasteiger partial charge in [-0.15, -0.1) is 0 Å². The predicted octanol–water partition coefficient (Wildman–Crippen LogP) is 7.29. The number of aliphatic hydroxyl groups excluding tert-OH is 2. The molecule has 0 aliphatic carbocycles. The maximum atomic E-state index is 13.2. The Kier molecular flexibility index (Phi) is 14.2. The summed E-state index contributed by atoms with van der Waals surface area (Å²) in [4.78, 5) is 40.5. The fourth-order valence-corrected chi connectivity index (χ4v) is 9.20. The molecule has 0 saturated carbocycles. The summed E-state index contributed by atoms with van der Waals surface area (Å²) in [6, 6.07) is 5.89. The van der Waals surface area contributed by atoms with E-state index in [4.69, 9.17) is 14.6 Å². The van der Waals surface area contributed by atoms with Gasteiger partial charge in [-0.05, 0) is 117 Å². The molecule has 2 amide bonds. The van der Waals surface area contributed by atoms with Crippen LogP contribution in [-0.2, 0) is 8.85 Å². The van der Waals surface area contributed by atoms with Crippen LogP contribution in [0.3, 0.4) is 0 Å². The molecule has 4 N–H and O–H groups in total. The first kappa shape index (κ1) is 45.2. The number of benzene rings is 2. The number of hydrogen-bond donors (Lipinski definition) is 3. The molecule has 2 aliphatic rings. The number of nitrogens with zero attached hydrogens (tertiary/aromatic N) is 3. The molecule has 0 radical (unpaired) electrons. The van der Waals surface area contributed by atoms with E-state index >= 15 is 0 Å². The monoisotopic (exact) mass is 786 g/mol. The number of carbonyl (C=O) groups is 2. The van der Waals surface area contributed by atoms with E-state index in [-0.39, 0.29) is 58.7 Å². The number of anilines is 1. The van der Waals surface area contributed by atoms with Gasteiger partial charge in [-0.1, -0.05) is 41.5 Å². The van der Waals surface area contributed by atoms with Crippen LogP contribution in [0.5, 0.6) is 0 Å². The lowest BCUT2D eigenvalue weighted by Gasteiger charge is -2.40. The lowest BCUT2D eigenvalue weighted by molar-refractivity contribution is -0.385. The minimum Gasteiger partial charge on any atom is -0.412 e. The Morgan fingerprint density at radius 1 is 0.741 bits per heavy atom. The van der Waals surface area contributed by atoms with Gasteiger partial charge >= 0.3 is 0 Å². The Morgan fingerprint density at radius 2 is 1.09 bits per heavy atom. The van der Waals surface area contributed by atoms with E-state index in [9.17, 15) is 29.9 Å². The lowest BCUT2D eigenvalue weighted by atomic mass is 10.0. The van der Waals surface area contributed by atoms with Crippen molar-refractivity contribution in [3.05, 3.63) is 67.8 Å². The smallest absolute Gasteiger partial charge is 0.282 e. The number of aliphatic hydroxyl groups is 2. The van der Waals surface area contributed by atoms with Crippen molar-refractivity contribution in [2.45, 2.75) is 143 Å². The number of nitro groups is 1. The Labute approximate surface area is 324 Å². The molecule has 4 atom stereocenters. The molecule has 302 valence electrons. The van der Waals surface area contributed by atoms with Crippen LogP contribution in [0.1, 0.15) is 97.4 Å². The van der Waals surface area contributed by atoms with Crippen molar-refractivity contribution < 1.29 is 33.6 Å². The van der Waals surface area contributed by atoms with Crippen molar-refractivity contribution in [3.63, 3.8) is 0 Å². The molecule has 2 aromatic rings. The normalized spacial score (nSPS) is 20.9. The average Bonchev–Trinajstić information content (AvgIpc) is 3.64. The molecule has 0 aromatic heterocycles. The third-order valence-electron chi connectivity index (χ3n) is 12.3. The van der Waals surface area contributed by atoms with Crippen LogP contribution < -0.4 is 5.73 Å². The van der Waals surface area contributed by atoms with Gasteiger partial charge in [-0.3, -0.25) is 19.7 Å². The summed E-state index contributed by atoms with van der Waals surface area (Å²) in [7, 11) is -4.05. The van der Waals surface area contributed by atoms with Crippen molar-refractivity contribution in [2.75, 3.05) is 32.0 Å². The predicted molar refractivity (Wildman–Crippen MR) is 220 cm³/mol. The summed E-state index contributed by atoms with van der Waals surface area (Å²) in [6.07, 6.45) is 0.967. The van der Waals surface area contributed by atoms with E-state index in [1.165, 1.54) is 11.0 Å². The highest BCUT2D eigenvalue weighted by molar-refractivity contribution is 6.74. The van der Waals surface area contributed by atoms with Crippen molar-refractivity contribution >= 4 is 39.8 Å². The van der Waals surface area contributed by atoms with Crippen LogP contribution in [-0.4, -0.2) is 104 Å². The fraction of sp³-hybridized carbons (Fsp3) is 0.650. The summed E-state index contributed by atoms with van der Waals surface area (Å²) >= 11 is 0. The van der Waals surface area contributed by atoms with Crippen LogP contribution >= 0.6 is 0 Å². The van der Waals surface area contributed by atoms with Gasteiger partial charge in [0.1, 0.15) is 5.56 Å². The number of nitrogen functional groups attached to an aromatic ring is 1. The highest BCUT2D eigenvalue weighted by Crippen LogP contribution is 2.41. The second kappa shape index (κ2) is 16.9. The van der Waals surface area contributed by atoms with Crippen LogP contribution in [0.2, 0.25) is 36.3 Å². The van der Waals surface area contributed by atoms with Gasteiger partial charge < -0.3 is 34.6 Å². The van der Waals surface area contributed by atoms with Crippen LogP contribution in [0.25, 0.3) is 0 Å². The first-order valence-corrected chi connectivity index (χ1v) is 24.8. The lowest BCUT2D eigenvalue weighted by Crippen LogP contribution is -2.49. The number of rotatable bonds is 9. The fourth-order valence-electron chi connectivity index (χ4n) is 6.43. The second-order valence-corrected chi connectivity index (χ2v) is 27.7. The standard InChI is InChI=1S/C20H32N2O5Si.C20H34N2O3Si/c1-13-10-15(16(22(25)26)11-14(13)2)19(24)21-9-8-18(17(21)12-23)27-28(6,7)20(3,4)5;1-13-10-15(16(21)11-14(13)2)19(24)22-9-8-18(17(22)12-23)25-26(6,7)20(3,4)5/h10-11,17-18,23H,8-9,12H2,1-7H3;10-11,17-18,23H,8-9,12,21H2,1-7H3/t2*17-,18+/m11/s1. The van der Waals surface area contributed by atoms with E-state index in [0.717, 1.165) is 28.7 Å². The molecule has 2 aliphatic heterocycles. The van der Waals surface area contributed by atoms with E-state index in [0.29, 0.717) is 30.8 Å². The number of nitro benzene ring substituents is 1. The van der Waals surface area contributed by atoms with Crippen LogP contribution in [0.4, 0.5) is 11.4 Å². The summed E-state index contributed by atoms with van der Waals surface area (Å²) in [5.74, 6) is -0.541. The quantitative estimate of drug-likeness (QED) is 0.102. The van der Waals surface area contributed by atoms with E-state index in [1.54, 1.807) is 17.9 Å². The minimum absolute atomic E-state index is 0.0112. The van der Waals surface area contributed by atoms with Gasteiger partial charge in [0.15, 0.2) is 16.6 Å². The zero-order valence-electron chi connectivity index (χ0n) is 35.1. The molecule has 4 rings (SSSR count). The molecular weight excluding hydrogens is 721 g/mol. The summed E-state index contributed by atoms with van der Waals surface area (Å²) in [5.41, 5.74) is 10.7. The van der Waals surface area contributed by atoms with Gasteiger partial charge in [0, 0.05) is 24.8 Å². The molecule has 2 saturated heterocycles. The Balaban J connectivity index is 0.000000291. The van der Waals surface area contributed by atoms with Crippen LogP contribution in [0, 0.1) is 37.8 Å². The summed E-state index contributed by atoms with van der Waals surface area (Å²) < 4.78 is 13.0. The molecule has 2 fully saturated rings. The number of nitrogens with two attached hydrogens (primary N) is 1. The second-order valence-electron chi connectivity index (χ2n) is 18.1. The highest BCUT2D eigenvalue weighted by Gasteiger charge is 2.47. The molecule has 2 aromatic carbocycles. The highest BCUT2D eigenvalue weighted by atomic mass is 28.4. The largest absolute Gasteiger partial charge is 0.412 e. The molecule has 2 heterocycles. The van der Waals surface area contributed by atoms with Gasteiger partial charge in [-0.2, -0.15) is 0 Å². The summed E-state index contributed by atoms with van der Waals surface area (Å²) in [5, 5.41) is 31.5. The molecule has 0 spiro atoms. The maximum absolute atomic E-state index is 13.2. The molecule has 14 heteroatoms. The Morgan fingerprint density at radius 3 is 1.46 bits per heavy atom. The van der Waals surface area contributed by atoms with Gasteiger partial charge in [-0.25, -0.2) is 0 Å². The Hall–Kier alpha value is -3.15. The number of hydrogen-bond acceptors (Lipinski definition) is 9. The number of amides is 2.